The molecule has 5 rings (SSSR count). The van der Waals surface area contributed by atoms with Crippen LogP contribution in [0.5, 0.6) is 0 Å². The number of fused-ring (bicyclic) bond motifs is 3. The van der Waals surface area contributed by atoms with Gasteiger partial charge in [-0.1, -0.05) is 0 Å². The topological polar surface area (TPSA) is 94.4 Å². The maximum Gasteiger partial charge on any atom is 0.263 e. The Morgan fingerprint density at radius 3 is 2.71 bits per heavy atom. The fraction of sp³-hybridized carbons (Fsp3) is 0.286. The highest BCUT2D eigenvalue weighted by atomic mass is 32.1. The minimum atomic E-state index is -0.0433. The molecule has 158 valence electrons. The summed E-state index contributed by atoms with van der Waals surface area (Å²) in [4.78, 5) is 24.7. The number of carbonyl (C=O) groups excluding carboxylic acids is 1. The van der Waals surface area contributed by atoms with Crippen molar-refractivity contribution in [1.29, 1.82) is 0 Å². The lowest BCUT2D eigenvalue weighted by Gasteiger charge is -2.08. The van der Waals surface area contributed by atoms with Gasteiger partial charge in [0.25, 0.3) is 5.91 Å². The predicted molar refractivity (Wildman–Crippen MR) is 117 cm³/mol. The van der Waals surface area contributed by atoms with E-state index in [0.717, 1.165) is 32.9 Å². The molecule has 0 atom stereocenters. The monoisotopic (exact) mass is 435 g/mol. The predicted octanol–water partition coefficient (Wildman–Crippen LogP) is 3.47. The maximum atomic E-state index is 12.5. The smallest absolute Gasteiger partial charge is 0.263 e. The molecule has 0 aliphatic rings. The molecule has 0 radical (unpaired) electrons. The third kappa shape index (κ3) is 3.19. The lowest BCUT2D eigenvalue weighted by atomic mass is 10.2. The first kappa shape index (κ1) is 19.4. The number of hydrogen-bond donors (Lipinski definition) is 0. The lowest BCUT2D eigenvalue weighted by molar-refractivity contribution is 0.0831. The zero-order chi connectivity index (χ0) is 21.9. The van der Waals surface area contributed by atoms with Gasteiger partial charge in [-0.3, -0.25) is 9.48 Å². The van der Waals surface area contributed by atoms with Gasteiger partial charge in [-0.15, -0.1) is 16.4 Å². The molecule has 1 amide bonds. The van der Waals surface area contributed by atoms with Crippen LogP contribution in [-0.2, 0) is 6.54 Å². The Morgan fingerprint density at radius 2 is 2.00 bits per heavy atom. The van der Waals surface area contributed by atoms with Crippen molar-refractivity contribution in [3.8, 4) is 11.6 Å². The molecule has 0 bridgehead atoms. The fourth-order valence-corrected chi connectivity index (χ4v) is 4.78. The molecule has 0 N–H and O–H groups in total. The molecule has 0 fully saturated rings. The van der Waals surface area contributed by atoms with Gasteiger partial charge in [0.15, 0.2) is 11.4 Å². The molecule has 5 heterocycles. The van der Waals surface area contributed by atoms with Gasteiger partial charge >= 0.3 is 0 Å². The van der Waals surface area contributed by atoms with Crippen molar-refractivity contribution in [1.82, 2.24) is 34.3 Å². The van der Waals surface area contributed by atoms with Crippen LogP contribution in [0.1, 0.15) is 32.4 Å². The van der Waals surface area contributed by atoms with E-state index in [4.69, 9.17) is 9.40 Å². The summed E-state index contributed by atoms with van der Waals surface area (Å²) < 4.78 is 9.54. The molecule has 0 saturated heterocycles. The normalized spacial score (nSPS) is 11.6. The Morgan fingerprint density at radius 1 is 1.19 bits per heavy atom. The number of thiophene rings is 1. The second-order valence-electron chi connectivity index (χ2n) is 7.73. The number of aryl methyl sites for hydroxylation is 3. The maximum absolute atomic E-state index is 12.5. The molecule has 31 heavy (non-hydrogen) atoms. The zero-order valence-electron chi connectivity index (χ0n) is 17.9. The van der Waals surface area contributed by atoms with Gasteiger partial charge in [0, 0.05) is 19.8 Å². The van der Waals surface area contributed by atoms with Gasteiger partial charge in [0.2, 0.25) is 5.82 Å². The van der Waals surface area contributed by atoms with Gasteiger partial charge in [-0.25, -0.2) is 14.5 Å². The molecule has 0 aromatic carbocycles. The van der Waals surface area contributed by atoms with Crippen LogP contribution in [0.15, 0.2) is 28.9 Å². The van der Waals surface area contributed by atoms with Crippen LogP contribution < -0.4 is 0 Å². The number of nitrogens with zero attached hydrogens (tertiary/aromatic N) is 7. The summed E-state index contributed by atoms with van der Waals surface area (Å²) in [7, 11) is 3.48. The molecule has 9 nitrogen and oxygen atoms in total. The molecular weight excluding hydrogens is 414 g/mol. The van der Waals surface area contributed by atoms with E-state index < -0.39 is 0 Å². The minimum Gasteiger partial charge on any atom is -0.456 e. The average Bonchev–Trinajstić information content (AvgIpc) is 3.47. The summed E-state index contributed by atoms with van der Waals surface area (Å²) in [5.41, 5.74) is 3.57. The summed E-state index contributed by atoms with van der Waals surface area (Å²) in [6.45, 7) is 6.45. The van der Waals surface area contributed by atoms with Crippen LogP contribution >= 0.6 is 11.3 Å². The van der Waals surface area contributed by atoms with Crippen LogP contribution in [0.2, 0.25) is 0 Å². The van der Waals surface area contributed by atoms with Crippen molar-refractivity contribution in [2.45, 2.75) is 27.3 Å². The Labute approximate surface area is 181 Å². The van der Waals surface area contributed by atoms with E-state index in [0.29, 0.717) is 28.7 Å². The van der Waals surface area contributed by atoms with E-state index in [1.54, 1.807) is 29.8 Å². The molecule has 0 aliphatic carbocycles. The quantitative estimate of drug-likeness (QED) is 0.429. The molecule has 0 saturated carbocycles. The van der Waals surface area contributed by atoms with E-state index in [2.05, 4.69) is 15.2 Å². The summed E-state index contributed by atoms with van der Waals surface area (Å²) >= 11 is 1.37. The highest BCUT2D eigenvalue weighted by Crippen LogP contribution is 2.33. The summed E-state index contributed by atoms with van der Waals surface area (Å²) in [5.74, 6) is 1.78. The van der Waals surface area contributed by atoms with Crippen LogP contribution in [0.3, 0.4) is 0 Å². The molecule has 5 aromatic rings. The third-order valence-electron chi connectivity index (χ3n) is 5.16. The van der Waals surface area contributed by atoms with E-state index in [9.17, 15) is 4.79 Å². The van der Waals surface area contributed by atoms with Crippen molar-refractivity contribution in [2.24, 2.45) is 0 Å². The SMILES string of the molecule is Cc1cc(C)n(Cc2ccc(-c3nc4c5c(C)c(C(=O)N(C)C)sc5ncn4n3)o2)n1. The van der Waals surface area contributed by atoms with E-state index in [-0.39, 0.29) is 5.91 Å². The Hall–Kier alpha value is -3.53. The Kier molecular flexibility index (Phi) is 4.40. The van der Waals surface area contributed by atoms with Gasteiger partial charge in [-0.2, -0.15) is 5.10 Å². The summed E-state index contributed by atoms with van der Waals surface area (Å²) in [5, 5.41) is 9.86. The van der Waals surface area contributed by atoms with Crippen LogP contribution in [-0.4, -0.2) is 54.3 Å². The first-order valence-electron chi connectivity index (χ1n) is 9.78. The second kappa shape index (κ2) is 7.02. The third-order valence-corrected chi connectivity index (χ3v) is 6.35. The van der Waals surface area contributed by atoms with Crippen LogP contribution in [0.4, 0.5) is 0 Å². The van der Waals surface area contributed by atoms with Crippen molar-refractivity contribution in [2.75, 3.05) is 14.1 Å². The van der Waals surface area contributed by atoms with E-state index in [1.165, 1.54) is 11.3 Å². The molecule has 0 spiro atoms. The number of furan rings is 1. The van der Waals surface area contributed by atoms with Gasteiger partial charge in [0.05, 0.1) is 22.5 Å². The highest BCUT2D eigenvalue weighted by molar-refractivity contribution is 7.20. The number of amides is 1. The largest absolute Gasteiger partial charge is 0.456 e. The van der Waals surface area contributed by atoms with Crippen molar-refractivity contribution in [3.63, 3.8) is 0 Å². The fourth-order valence-electron chi connectivity index (χ4n) is 3.61. The van der Waals surface area contributed by atoms with Gasteiger partial charge in [0.1, 0.15) is 16.9 Å². The zero-order valence-corrected chi connectivity index (χ0v) is 18.7. The molecular formula is C21H21N7O2S. The van der Waals surface area contributed by atoms with Gasteiger partial charge in [-0.05, 0) is 44.5 Å². The standard InChI is InChI=1S/C21H21N7O2S/c1-11-8-12(2)27(24-11)9-14-6-7-15(30-14)18-23-19-16-13(3)17(21(29)26(4)5)31-20(16)22-10-28(19)25-18/h6-8,10H,9H2,1-5H3. The van der Waals surface area contributed by atoms with Gasteiger partial charge < -0.3 is 9.32 Å². The first-order valence-corrected chi connectivity index (χ1v) is 10.6. The minimum absolute atomic E-state index is 0.0433. The molecule has 0 unspecified atom stereocenters. The Bertz CT molecular complexity index is 1450. The number of aromatic nitrogens is 6. The van der Waals surface area contributed by atoms with Crippen LogP contribution in [0, 0.1) is 20.8 Å². The average molecular weight is 436 g/mol. The number of hydrogen-bond acceptors (Lipinski definition) is 7. The molecule has 0 aliphatic heterocycles. The molecule has 5 aromatic heterocycles. The van der Waals surface area contributed by atoms with Crippen LogP contribution in [0.25, 0.3) is 27.4 Å². The van der Waals surface area contributed by atoms with E-state index >= 15 is 0 Å². The number of carbonyl (C=O) groups is 1. The van der Waals surface area contributed by atoms with Crippen molar-refractivity contribution < 1.29 is 9.21 Å². The second-order valence-corrected chi connectivity index (χ2v) is 8.73. The first-order chi connectivity index (χ1) is 14.8. The van der Waals surface area contributed by atoms with Crippen molar-refractivity contribution in [3.05, 3.63) is 52.1 Å². The summed E-state index contributed by atoms with van der Waals surface area (Å²) in [6.07, 6.45) is 1.62. The lowest BCUT2D eigenvalue weighted by Crippen LogP contribution is -2.21. The highest BCUT2D eigenvalue weighted by Gasteiger charge is 2.22. The van der Waals surface area contributed by atoms with Crippen molar-refractivity contribution >= 4 is 33.1 Å². The number of rotatable bonds is 4. The summed E-state index contributed by atoms with van der Waals surface area (Å²) in [6, 6.07) is 5.81. The Balaban J connectivity index is 1.54. The van der Waals surface area contributed by atoms with E-state index in [1.807, 2.05) is 43.7 Å². The molecule has 10 heteroatoms.